The fraction of sp³-hybridized carbons (Fsp3) is 0.500. The molecule has 3 aromatic rings. The predicted molar refractivity (Wildman–Crippen MR) is 176 cm³/mol. The number of hydrogen-bond acceptors (Lipinski definition) is 7. The first-order valence-electron chi connectivity index (χ1n) is 16.6. The molecule has 6 rings (SSSR count). The van der Waals surface area contributed by atoms with Gasteiger partial charge in [0.1, 0.15) is 5.82 Å². The van der Waals surface area contributed by atoms with Crippen LogP contribution in [0.2, 0.25) is 0 Å². The van der Waals surface area contributed by atoms with Crippen LogP contribution in [0.5, 0.6) is 0 Å². The Kier molecular flexibility index (Phi) is 10.4. The van der Waals surface area contributed by atoms with E-state index in [4.69, 9.17) is 5.10 Å². The molecule has 4 heterocycles. The number of aliphatic hydroxyl groups is 1. The molecule has 0 bridgehead atoms. The Bertz CT molecular complexity index is 1840. The van der Waals surface area contributed by atoms with Gasteiger partial charge < -0.3 is 20.2 Å². The summed E-state index contributed by atoms with van der Waals surface area (Å²) in [5, 5.41) is 18.4. The van der Waals surface area contributed by atoms with Crippen LogP contribution in [0.4, 0.5) is 17.6 Å². The third-order valence-corrected chi connectivity index (χ3v) is 11.0. The molecule has 270 valence electrons. The third-order valence-electron chi connectivity index (χ3n) is 9.76. The second-order valence-electron chi connectivity index (χ2n) is 13.2. The van der Waals surface area contributed by atoms with Gasteiger partial charge in [-0.15, -0.1) is 0 Å². The lowest BCUT2D eigenvalue weighted by molar-refractivity contribution is -0.138. The van der Waals surface area contributed by atoms with Crippen molar-refractivity contribution in [3.8, 4) is 11.3 Å². The first kappa shape index (κ1) is 35.9. The van der Waals surface area contributed by atoms with Gasteiger partial charge in [0.2, 0.25) is 15.9 Å². The zero-order chi connectivity index (χ0) is 35.8. The minimum atomic E-state index is -4.73. The van der Waals surface area contributed by atoms with Gasteiger partial charge in [-0.1, -0.05) is 6.07 Å². The van der Waals surface area contributed by atoms with Crippen molar-refractivity contribution in [3.63, 3.8) is 0 Å². The van der Waals surface area contributed by atoms with E-state index in [1.165, 1.54) is 28.6 Å². The van der Waals surface area contributed by atoms with Gasteiger partial charge in [0.15, 0.2) is 0 Å². The summed E-state index contributed by atoms with van der Waals surface area (Å²) in [6.07, 6.45) is -1.06. The molecule has 2 fully saturated rings. The summed E-state index contributed by atoms with van der Waals surface area (Å²) < 4.78 is 83.5. The maximum absolute atomic E-state index is 14.1. The maximum Gasteiger partial charge on any atom is 0.416 e. The molecule has 16 heteroatoms. The third kappa shape index (κ3) is 8.03. The van der Waals surface area contributed by atoms with Crippen LogP contribution in [-0.2, 0) is 47.0 Å². The Labute approximate surface area is 287 Å². The van der Waals surface area contributed by atoms with Crippen LogP contribution < -0.4 is 5.32 Å². The highest BCUT2D eigenvalue weighted by Gasteiger charge is 2.36. The van der Waals surface area contributed by atoms with Crippen molar-refractivity contribution >= 4 is 21.8 Å². The number of piperidine rings is 1. The monoisotopic (exact) mass is 720 g/mol. The second-order valence-corrected chi connectivity index (χ2v) is 15.2. The normalized spacial score (nSPS) is 18.8. The standard InChI is InChI=1S/C34H40F4N6O5S/c1-50(48,49)42-16-12-30-28(21-42)32(40-44(30)20-27(45)19-41-14-10-26(11-15-41)43-13-2-3-31(43)46)23-6-9-29(34(36,37)38)24(17-23)18-39-33(47)22-4-7-25(35)8-5-22/h4-9,17,26-27,45H,2-3,10-16,18-21H2,1H3,(H,39,47). The molecule has 2 N–H and O–H groups in total. The largest absolute Gasteiger partial charge is 0.416 e. The molecule has 0 spiro atoms. The zero-order valence-electron chi connectivity index (χ0n) is 27.6. The summed E-state index contributed by atoms with van der Waals surface area (Å²) in [7, 11) is -3.60. The highest BCUT2D eigenvalue weighted by Crippen LogP contribution is 2.37. The number of benzene rings is 2. The summed E-state index contributed by atoms with van der Waals surface area (Å²) in [6.45, 7) is 2.35. The van der Waals surface area contributed by atoms with Gasteiger partial charge in [-0.3, -0.25) is 14.3 Å². The van der Waals surface area contributed by atoms with E-state index in [2.05, 4.69) is 10.2 Å². The SMILES string of the molecule is CS(=O)(=O)N1CCc2c(c(-c3ccc(C(F)(F)F)c(CNC(=O)c4ccc(F)cc4)c3)nn2CC(O)CN2CCC(N3CCCC3=O)CC2)C1. The van der Waals surface area contributed by atoms with Crippen molar-refractivity contribution in [2.75, 3.05) is 39.0 Å². The van der Waals surface area contributed by atoms with E-state index in [0.29, 0.717) is 36.2 Å². The Morgan fingerprint density at radius 1 is 1.04 bits per heavy atom. The average molecular weight is 721 g/mol. The smallest absolute Gasteiger partial charge is 0.390 e. The molecule has 0 aliphatic carbocycles. The van der Waals surface area contributed by atoms with E-state index < -0.39 is 46.1 Å². The minimum absolute atomic E-state index is 0.0417. The van der Waals surface area contributed by atoms with Gasteiger partial charge in [-0.25, -0.2) is 12.8 Å². The number of likely N-dealkylation sites (tertiary alicyclic amines) is 2. The molecular weight excluding hydrogens is 680 g/mol. The molecule has 0 radical (unpaired) electrons. The van der Waals surface area contributed by atoms with Crippen molar-refractivity contribution in [2.24, 2.45) is 0 Å². The van der Waals surface area contributed by atoms with Crippen LogP contribution in [0.25, 0.3) is 11.3 Å². The van der Waals surface area contributed by atoms with Crippen molar-refractivity contribution in [2.45, 2.75) is 70.1 Å². The maximum atomic E-state index is 14.1. The van der Waals surface area contributed by atoms with Crippen LogP contribution >= 0.6 is 0 Å². The van der Waals surface area contributed by atoms with Gasteiger partial charge in [0, 0.05) is 87.1 Å². The number of sulfonamides is 1. The number of β-amino-alcohol motifs (C(OH)–C–C–N with tert-alkyl or cyclic N) is 1. The Hall–Kier alpha value is -3.86. The molecule has 3 aliphatic heterocycles. The van der Waals surface area contributed by atoms with Gasteiger partial charge in [0.25, 0.3) is 5.91 Å². The molecule has 1 unspecified atom stereocenters. The number of carbonyl (C=O) groups excluding carboxylic acids is 2. The Morgan fingerprint density at radius 3 is 2.40 bits per heavy atom. The number of hydrogen-bond donors (Lipinski definition) is 2. The van der Waals surface area contributed by atoms with Gasteiger partial charge >= 0.3 is 6.18 Å². The van der Waals surface area contributed by atoms with Crippen LogP contribution in [0.3, 0.4) is 0 Å². The summed E-state index contributed by atoms with van der Waals surface area (Å²) in [6, 6.07) is 8.28. The summed E-state index contributed by atoms with van der Waals surface area (Å²) in [5.41, 5.74) is 0.694. The molecule has 11 nitrogen and oxygen atoms in total. The van der Waals surface area contributed by atoms with Crippen LogP contribution in [-0.4, -0.2) is 100 Å². The number of nitrogens with one attached hydrogen (secondary N) is 1. The van der Waals surface area contributed by atoms with E-state index in [1.807, 2.05) is 4.90 Å². The lowest BCUT2D eigenvalue weighted by atomic mass is 9.97. The van der Waals surface area contributed by atoms with Crippen molar-refractivity contribution in [1.29, 1.82) is 0 Å². The highest BCUT2D eigenvalue weighted by atomic mass is 32.2. The van der Waals surface area contributed by atoms with Gasteiger partial charge in [-0.05, 0) is 61.2 Å². The number of halogens is 4. The fourth-order valence-corrected chi connectivity index (χ4v) is 7.99. The molecule has 1 aromatic heterocycles. The first-order valence-corrected chi connectivity index (χ1v) is 18.5. The molecule has 0 saturated carbocycles. The fourth-order valence-electron chi connectivity index (χ4n) is 7.20. The minimum Gasteiger partial charge on any atom is -0.390 e. The van der Waals surface area contributed by atoms with E-state index in [0.717, 1.165) is 63.4 Å². The lowest BCUT2D eigenvalue weighted by Gasteiger charge is -2.37. The molecule has 1 atom stereocenters. The molecule has 2 saturated heterocycles. The first-order chi connectivity index (χ1) is 23.7. The topological polar surface area (TPSA) is 128 Å². The van der Waals surface area contributed by atoms with Gasteiger partial charge in [-0.2, -0.15) is 22.6 Å². The number of aliphatic hydroxyl groups excluding tert-OH is 1. The average Bonchev–Trinajstić information content (AvgIpc) is 3.66. The van der Waals surface area contributed by atoms with Crippen molar-refractivity contribution < 1.29 is 40.7 Å². The Balaban J connectivity index is 1.24. The molecule has 3 aliphatic rings. The number of rotatable bonds is 10. The summed E-state index contributed by atoms with van der Waals surface area (Å²) in [5.74, 6) is -1.04. The van der Waals surface area contributed by atoms with E-state index >= 15 is 0 Å². The predicted octanol–water partition coefficient (Wildman–Crippen LogP) is 3.40. The van der Waals surface area contributed by atoms with E-state index in [9.17, 15) is 40.7 Å². The number of carbonyl (C=O) groups is 2. The molecule has 2 aromatic carbocycles. The number of nitrogens with zero attached hydrogens (tertiary/aromatic N) is 5. The van der Waals surface area contributed by atoms with Crippen LogP contribution in [0.1, 0.15) is 58.4 Å². The lowest BCUT2D eigenvalue weighted by Crippen LogP contribution is -2.47. The molecular formula is C34H40F4N6O5S. The van der Waals surface area contributed by atoms with Crippen LogP contribution in [0.15, 0.2) is 42.5 Å². The summed E-state index contributed by atoms with van der Waals surface area (Å²) in [4.78, 5) is 29.0. The zero-order valence-corrected chi connectivity index (χ0v) is 28.4. The van der Waals surface area contributed by atoms with Crippen molar-refractivity contribution in [3.05, 3.63) is 76.2 Å². The van der Waals surface area contributed by atoms with Crippen molar-refractivity contribution in [1.82, 2.24) is 29.2 Å². The quantitative estimate of drug-likeness (QED) is 0.308. The second kappa shape index (κ2) is 14.4. The van der Waals surface area contributed by atoms with E-state index in [1.54, 1.807) is 4.68 Å². The van der Waals surface area contributed by atoms with Gasteiger partial charge in [0.05, 0.1) is 30.2 Å². The number of alkyl halides is 3. The number of fused-ring (bicyclic) bond motifs is 1. The molecule has 50 heavy (non-hydrogen) atoms. The van der Waals surface area contributed by atoms with Crippen LogP contribution in [0, 0.1) is 5.82 Å². The summed E-state index contributed by atoms with van der Waals surface area (Å²) >= 11 is 0. The number of aromatic nitrogens is 2. The highest BCUT2D eigenvalue weighted by molar-refractivity contribution is 7.88. The Morgan fingerprint density at radius 2 is 1.76 bits per heavy atom. The molecule has 2 amide bonds. The van der Waals surface area contributed by atoms with E-state index in [-0.39, 0.29) is 48.4 Å². The number of amides is 2.